The largest absolute Gasteiger partial charge is 0.433 e. The summed E-state index contributed by atoms with van der Waals surface area (Å²) in [6, 6.07) is 6.46. The Morgan fingerprint density at radius 3 is 2.59 bits per heavy atom. The molecule has 1 saturated carbocycles. The third-order valence-electron chi connectivity index (χ3n) is 5.56. The molecule has 3 aromatic heterocycles. The van der Waals surface area contributed by atoms with E-state index in [1.54, 1.807) is 9.42 Å². The maximum atomic E-state index is 13.0. The van der Waals surface area contributed by atoms with Gasteiger partial charge in [-0.15, -0.1) is 5.10 Å². The van der Waals surface area contributed by atoms with Gasteiger partial charge in [0.25, 0.3) is 0 Å². The second kappa shape index (κ2) is 7.92. The lowest BCUT2D eigenvalue weighted by Gasteiger charge is -2.24. The molecule has 0 atom stereocenters. The number of hydrogen-bond acceptors (Lipinski definition) is 7. The number of rotatable bonds is 4. The summed E-state index contributed by atoms with van der Waals surface area (Å²) in [5, 5.41) is 7.22. The van der Waals surface area contributed by atoms with Gasteiger partial charge in [-0.2, -0.15) is 22.7 Å². The number of fused-ring (bicyclic) bond motifs is 1. The van der Waals surface area contributed by atoms with E-state index in [-0.39, 0.29) is 23.7 Å². The molecule has 4 heterocycles. The van der Waals surface area contributed by atoms with Gasteiger partial charge < -0.3 is 9.80 Å². The van der Waals surface area contributed by atoms with Gasteiger partial charge in [0.05, 0.1) is 0 Å². The maximum Gasteiger partial charge on any atom is 0.433 e. The van der Waals surface area contributed by atoms with Crippen LogP contribution in [0.3, 0.4) is 0 Å². The van der Waals surface area contributed by atoms with Crippen molar-refractivity contribution in [3.8, 4) is 0 Å². The van der Waals surface area contributed by atoms with Crippen LogP contribution in [-0.2, 0) is 11.0 Å². The van der Waals surface area contributed by atoms with Crippen molar-refractivity contribution < 1.29 is 18.0 Å². The van der Waals surface area contributed by atoms with Gasteiger partial charge in [0.1, 0.15) is 11.5 Å². The van der Waals surface area contributed by atoms with E-state index >= 15 is 0 Å². The van der Waals surface area contributed by atoms with E-state index in [0.29, 0.717) is 38.2 Å². The molecule has 0 aromatic carbocycles. The van der Waals surface area contributed by atoms with Crippen LogP contribution in [0.15, 0.2) is 30.5 Å². The zero-order valence-corrected chi connectivity index (χ0v) is 17.1. The van der Waals surface area contributed by atoms with Crippen LogP contribution in [0.4, 0.5) is 30.9 Å². The van der Waals surface area contributed by atoms with Crippen LogP contribution in [-0.4, -0.2) is 56.7 Å². The average Bonchev–Trinajstić information content (AvgIpc) is 3.57. The summed E-state index contributed by atoms with van der Waals surface area (Å²) in [7, 11) is 0. The van der Waals surface area contributed by atoms with Gasteiger partial charge in [0.2, 0.25) is 17.8 Å². The molecule has 12 heteroatoms. The normalized spacial score (nSPS) is 17.5. The van der Waals surface area contributed by atoms with E-state index in [0.717, 1.165) is 30.9 Å². The Hall–Kier alpha value is -3.44. The highest BCUT2D eigenvalue weighted by atomic mass is 19.4. The van der Waals surface area contributed by atoms with Crippen LogP contribution < -0.4 is 15.1 Å². The number of carbonyl (C=O) groups is 1. The Kier molecular flexibility index (Phi) is 5.06. The second-order valence-corrected chi connectivity index (χ2v) is 7.92. The fourth-order valence-electron chi connectivity index (χ4n) is 3.75. The lowest BCUT2D eigenvalue weighted by Crippen LogP contribution is -2.32. The van der Waals surface area contributed by atoms with Crippen molar-refractivity contribution in [1.29, 1.82) is 0 Å². The molecule has 0 radical (unpaired) electrons. The Labute approximate surface area is 181 Å². The van der Waals surface area contributed by atoms with E-state index in [1.165, 1.54) is 0 Å². The number of hydrogen-bond donors (Lipinski definition) is 1. The number of aromatic nitrogens is 5. The van der Waals surface area contributed by atoms with Crippen molar-refractivity contribution in [3.63, 3.8) is 0 Å². The number of anilines is 3. The summed E-state index contributed by atoms with van der Waals surface area (Å²) >= 11 is 0. The summed E-state index contributed by atoms with van der Waals surface area (Å²) in [6.45, 7) is 2.21. The minimum absolute atomic E-state index is 0.0516. The predicted molar refractivity (Wildman–Crippen MR) is 110 cm³/mol. The van der Waals surface area contributed by atoms with Gasteiger partial charge in [-0.25, -0.2) is 9.97 Å². The molecule has 0 spiro atoms. The van der Waals surface area contributed by atoms with Crippen molar-refractivity contribution in [2.75, 3.05) is 41.3 Å². The number of halogens is 3. The van der Waals surface area contributed by atoms with Crippen molar-refractivity contribution in [1.82, 2.24) is 24.6 Å². The lowest BCUT2D eigenvalue weighted by molar-refractivity contribution is -0.141. The molecule has 2 aliphatic rings. The topological polar surface area (TPSA) is 91.5 Å². The number of nitrogens with zero attached hydrogens (tertiary/aromatic N) is 7. The molecule has 1 amide bonds. The average molecular weight is 446 g/mol. The van der Waals surface area contributed by atoms with E-state index in [1.807, 2.05) is 18.2 Å². The molecule has 0 unspecified atom stereocenters. The van der Waals surface area contributed by atoms with Gasteiger partial charge in [-0.1, -0.05) is 6.07 Å². The Morgan fingerprint density at radius 1 is 1.03 bits per heavy atom. The van der Waals surface area contributed by atoms with E-state index in [9.17, 15) is 18.0 Å². The fraction of sp³-hybridized carbons (Fsp3) is 0.450. The zero-order chi connectivity index (χ0) is 22.3. The lowest BCUT2D eigenvalue weighted by atomic mass is 10.3. The monoisotopic (exact) mass is 446 g/mol. The molecule has 3 aromatic rings. The number of nitrogens with one attached hydrogen (secondary N) is 1. The summed E-state index contributed by atoms with van der Waals surface area (Å²) < 4.78 is 40.7. The maximum absolute atomic E-state index is 13.0. The van der Waals surface area contributed by atoms with Crippen LogP contribution in [0.2, 0.25) is 0 Å². The first kappa shape index (κ1) is 20.5. The Morgan fingerprint density at radius 2 is 1.81 bits per heavy atom. The number of carbonyl (C=O) groups excluding carboxylic acids is 1. The molecule has 1 aliphatic carbocycles. The fourth-order valence-corrected chi connectivity index (χ4v) is 3.75. The second-order valence-electron chi connectivity index (χ2n) is 7.92. The van der Waals surface area contributed by atoms with Gasteiger partial charge in [0.15, 0.2) is 5.65 Å². The molecule has 32 heavy (non-hydrogen) atoms. The highest BCUT2D eigenvalue weighted by molar-refractivity contribution is 5.92. The smallest absolute Gasteiger partial charge is 0.355 e. The van der Waals surface area contributed by atoms with E-state index < -0.39 is 11.9 Å². The third kappa shape index (κ3) is 4.16. The molecule has 2 fully saturated rings. The summed E-state index contributed by atoms with van der Waals surface area (Å²) in [5.74, 6) is 1.13. The summed E-state index contributed by atoms with van der Waals surface area (Å²) in [6.07, 6.45) is -0.878. The number of pyridine rings is 1. The predicted octanol–water partition coefficient (Wildman–Crippen LogP) is 2.60. The van der Waals surface area contributed by atoms with Crippen LogP contribution in [0.25, 0.3) is 5.65 Å². The highest BCUT2D eigenvalue weighted by Gasteiger charge is 2.33. The van der Waals surface area contributed by atoms with Crippen molar-refractivity contribution in [2.45, 2.75) is 25.4 Å². The van der Waals surface area contributed by atoms with E-state index in [4.69, 9.17) is 0 Å². The van der Waals surface area contributed by atoms with Crippen molar-refractivity contribution in [3.05, 3.63) is 36.2 Å². The SMILES string of the molecule is O=C(Nc1nc2cccc(N3CCCN(c4nccc(C(F)(F)F)n4)CC3)n2n1)C1CC1. The molecule has 1 saturated heterocycles. The van der Waals surface area contributed by atoms with Crippen LogP contribution >= 0.6 is 0 Å². The first-order chi connectivity index (χ1) is 15.4. The number of alkyl halides is 3. The Balaban J connectivity index is 1.34. The standard InChI is InChI=1S/C20H21F3N8O/c21-20(22,23)14-7-8-24-19(25-14)30-10-2-9-29(11-12-30)16-4-1-3-15-26-18(28-31(15)16)27-17(32)13-5-6-13/h1,3-4,7-8,13H,2,5-6,9-12H2,(H,27,28,32). The molecule has 0 bridgehead atoms. The molecule has 168 valence electrons. The van der Waals surface area contributed by atoms with Crippen molar-refractivity contribution >= 4 is 29.3 Å². The first-order valence-electron chi connectivity index (χ1n) is 10.5. The van der Waals surface area contributed by atoms with Gasteiger partial charge in [-0.05, 0) is 37.5 Å². The molecular formula is C20H21F3N8O. The summed E-state index contributed by atoms with van der Waals surface area (Å²) in [4.78, 5) is 28.1. The molecule has 9 nitrogen and oxygen atoms in total. The van der Waals surface area contributed by atoms with Gasteiger partial charge >= 0.3 is 6.18 Å². The molecule has 5 rings (SSSR count). The van der Waals surface area contributed by atoms with Crippen LogP contribution in [0, 0.1) is 5.92 Å². The van der Waals surface area contributed by atoms with Gasteiger partial charge in [-0.3, -0.25) is 10.1 Å². The minimum atomic E-state index is -4.51. The zero-order valence-electron chi connectivity index (χ0n) is 17.1. The first-order valence-corrected chi connectivity index (χ1v) is 10.5. The van der Waals surface area contributed by atoms with E-state index in [2.05, 4.69) is 30.3 Å². The molecule has 1 N–H and O–H groups in total. The highest BCUT2D eigenvalue weighted by Crippen LogP contribution is 2.30. The third-order valence-corrected chi connectivity index (χ3v) is 5.56. The van der Waals surface area contributed by atoms with Crippen LogP contribution in [0.1, 0.15) is 25.0 Å². The van der Waals surface area contributed by atoms with Crippen molar-refractivity contribution in [2.24, 2.45) is 5.92 Å². The number of amides is 1. The van der Waals surface area contributed by atoms with Crippen LogP contribution in [0.5, 0.6) is 0 Å². The quantitative estimate of drug-likeness (QED) is 0.659. The summed E-state index contributed by atoms with van der Waals surface area (Å²) in [5.41, 5.74) is -0.340. The Bertz CT molecular complexity index is 1140. The minimum Gasteiger partial charge on any atom is -0.355 e. The van der Waals surface area contributed by atoms with Gasteiger partial charge in [0, 0.05) is 38.3 Å². The molecule has 1 aliphatic heterocycles. The molecular weight excluding hydrogens is 425 g/mol.